The fourth-order valence-electron chi connectivity index (χ4n) is 2.44. The number of likely N-dealkylation sites (N-methyl/N-ethyl adjacent to an activating group) is 1. The van der Waals surface area contributed by atoms with Gasteiger partial charge in [0.1, 0.15) is 5.82 Å². The molecule has 0 aliphatic heterocycles. The first-order valence-corrected chi connectivity index (χ1v) is 7.07. The normalized spacial score (nSPS) is 12.4. The highest BCUT2D eigenvalue weighted by Crippen LogP contribution is 2.26. The summed E-state index contributed by atoms with van der Waals surface area (Å²) in [6, 6.07) is 11.1. The first-order chi connectivity index (χ1) is 9.51. The van der Waals surface area contributed by atoms with Crippen molar-refractivity contribution in [3.8, 4) is 0 Å². The van der Waals surface area contributed by atoms with Gasteiger partial charge in [0.2, 0.25) is 0 Å². The molecule has 0 radical (unpaired) electrons. The molecule has 0 amide bonds. The lowest BCUT2D eigenvalue weighted by molar-refractivity contribution is 0.582. The van der Waals surface area contributed by atoms with E-state index >= 15 is 0 Å². The van der Waals surface area contributed by atoms with Crippen molar-refractivity contribution in [2.75, 3.05) is 7.05 Å². The molecule has 1 N–H and O–H groups in total. The lowest BCUT2D eigenvalue weighted by Gasteiger charge is -2.20. The number of nitrogens with one attached hydrogen (secondary N) is 1. The van der Waals surface area contributed by atoms with E-state index in [1.165, 1.54) is 6.07 Å². The zero-order valence-electron chi connectivity index (χ0n) is 12.0. The molecule has 0 spiro atoms. The first-order valence-electron chi connectivity index (χ1n) is 6.69. The second-order valence-electron chi connectivity index (χ2n) is 5.14. The van der Waals surface area contributed by atoms with Gasteiger partial charge in [0.05, 0.1) is 0 Å². The van der Waals surface area contributed by atoms with Gasteiger partial charge in [0.15, 0.2) is 0 Å². The van der Waals surface area contributed by atoms with E-state index in [1.807, 2.05) is 33.0 Å². The number of benzene rings is 2. The van der Waals surface area contributed by atoms with Crippen molar-refractivity contribution in [3.63, 3.8) is 0 Å². The molecule has 0 heterocycles. The molecule has 20 heavy (non-hydrogen) atoms. The molecule has 0 aliphatic carbocycles. The summed E-state index contributed by atoms with van der Waals surface area (Å²) >= 11 is 6.30. The molecule has 0 saturated carbocycles. The summed E-state index contributed by atoms with van der Waals surface area (Å²) in [7, 11) is 1.91. The Labute approximate surface area is 124 Å². The van der Waals surface area contributed by atoms with Crippen LogP contribution in [0.1, 0.15) is 28.3 Å². The van der Waals surface area contributed by atoms with Gasteiger partial charge >= 0.3 is 0 Å². The highest BCUT2D eigenvalue weighted by Gasteiger charge is 2.14. The zero-order chi connectivity index (χ0) is 14.7. The van der Waals surface area contributed by atoms with Crippen LogP contribution in [0.25, 0.3) is 0 Å². The van der Waals surface area contributed by atoms with Gasteiger partial charge in [-0.1, -0.05) is 29.8 Å². The van der Waals surface area contributed by atoms with Gasteiger partial charge in [0, 0.05) is 11.1 Å². The summed E-state index contributed by atoms with van der Waals surface area (Å²) in [5.74, 6) is -0.200. The van der Waals surface area contributed by atoms with Crippen molar-refractivity contribution in [2.45, 2.75) is 26.3 Å². The third-order valence-electron chi connectivity index (χ3n) is 3.59. The molecular weight excluding hydrogens is 273 g/mol. The van der Waals surface area contributed by atoms with E-state index < -0.39 is 0 Å². The summed E-state index contributed by atoms with van der Waals surface area (Å²) in [5, 5.41) is 4.07. The topological polar surface area (TPSA) is 12.0 Å². The average molecular weight is 292 g/mol. The summed E-state index contributed by atoms with van der Waals surface area (Å²) in [4.78, 5) is 0. The average Bonchev–Trinajstić information content (AvgIpc) is 2.39. The predicted molar refractivity (Wildman–Crippen MR) is 82.8 cm³/mol. The summed E-state index contributed by atoms with van der Waals surface area (Å²) < 4.78 is 13.2. The molecule has 2 rings (SSSR count). The first kappa shape index (κ1) is 15.0. The van der Waals surface area contributed by atoms with Crippen LogP contribution < -0.4 is 5.32 Å². The SMILES string of the molecule is CNC(Cc1ccc(C)cc1Cl)c1ccc(F)cc1C. The van der Waals surface area contributed by atoms with Crippen LogP contribution >= 0.6 is 11.6 Å². The minimum Gasteiger partial charge on any atom is -0.313 e. The fraction of sp³-hybridized carbons (Fsp3) is 0.294. The Morgan fingerprint density at radius 2 is 1.90 bits per heavy atom. The Morgan fingerprint density at radius 3 is 2.50 bits per heavy atom. The molecule has 0 saturated heterocycles. The van der Waals surface area contributed by atoms with Crippen molar-refractivity contribution in [2.24, 2.45) is 0 Å². The smallest absolute Gasteiger partial charge is 0.123 e. The third-order valence-corrected chi connectivity index (χ3v) is 3.94. The van der Waals surface area contributed by atoms with Crippen LogP contribution in [-0.2, 0) is 6.42 Å². The van der Waals surface area contributed by atoms with Crippen LogP contribution in [0.4, 0.5) is 4.39 Å². The van der Waals surface area contributed by atoms with E-state index in [2.05, 4.69) is 17.4 Å². The number of hydrogen-bond acceptors (Lipinski definition) is 1. The number of aryl methyl sites for hydroxylation is 2. The molecule has 0 aromatic heterocycles. The van der Waals surface area contributed by atoms with Crippen molar-refractivity contribution in [1.82, 2.24) is 5.32 Å². The number of rotatable bonds is 4. The molecule has 0 aliphatic rings. The number of halogens is 2. The monoisotopic (exact) mass is 291 g/mol. The van der Waals surface area contributed by atoms with E-state index in [9.17, 15) is 4.39 Å². The van der Waals surface area contributed by atoms with E-state index in [0.717, 1.165) is 33.7 Å². The maximum Gasteiger partial charge on any atom is 0.123 e. The van der Waals surface area contributed by atoms with Crippen LogP contribution in [0.15, 0.2) is 36.4 Å². The molecule has 0 fully saturated rings. The molecule has 0 bridgehead atoms. The van der Waals surface area contributed by atoms with Gasteiger partial charge in [-0.3, -0.25) is 0 Å². The van der Waals surface area contributed by atoms with E-state index in [0.29, 0.717) is 0 Å². The highest BCUT2D eigenvalue weighted by molar-refractivity contribution is 6.31. The molecule has 2 aromatic rings. The minimum absolute atomic E-state index is 0.121. The van der Waals surface area contributed by atoms with Gasteiger partial charge in [-0.05, 0) is 67.8 Å². The Hall–Kier alpha value is -1.38. The maximum atomic E-state index is 13.2. The highest BCUT2D eigenvalue weighted by atomic mass is 35.5. The molecule has 106 valence electrons. The van der Waals surface area contributed by atoms with Crippen molar-refractivity contribution in [3.05, 3.63) is 69.5 Å². The quantitative estimate of drug-likeness (QED) is 0.868. The van der Waals surface area contributed by atoms with Gasteiger partial charge in [0.25, 0.3) is 0 Å². The lowest BCUT2D eigenvalue weighted by Crippen LogP contribution is -2.20. The van der Waals surface area contributed by atoms with Gasteiger partial charge in [-0.25, -0.2) is 4.39 Å². The van der Waals surface area contributed by atoms with Crippen LogP contribution in [0.3, 0.4) is 0 Å². The van der Waals surface area contributed by atoms with E-state index in [4.69, 9.17) is 11.6 Å². The van der Waals surface area contributed by atoms with E-state index in [1.54, 1.807) is 6.07 Å². The third kappa shape index (κ3) is 3.38. The van der Waals surface area contributed by atoms with Crippen molar-refractivity contribution >= 4 is 11.6 Å². The standard InChI is InChI=1S/C17H19ClFN/c1-11-4-5-13(16(18)8-11)10-17(20-3)15-7-6-14(19)9-12(15)2/h4-9,17,20H,10H2,1-3H3. The predicted octanol–water partition coefficient (Wildman–Crippen LogP) is 4.60. The minimum atomic E-state index is -0.200. The summed E-state index contributed by atoms with van der Waals surface area (Å²) in [6.07, 6.45) is 0.780. The molecule has 1 unspecified atom stereocenters. The second-order valence-corrected chi connectivity index (χ2v) is 5.55. The Balaban J connectivity index is 2.28. The Kier molecular flexibility index (Phi) is 4.79. The van der Waals surface area contributed by atoms with Gasteiger partial charge < -0.3 is 5.32 Å². The Morgan fingerprint density at radius 1 is 1.15 bits per heavy atom. The van der Waals surface area contributed by atoms with Crippen molar-refractivity contribution in [1.29, 1.82) is 0 Å². The van der Waals surface area contributed by atoms with Gasteiger partial charge in [-0.15, -0.1) is 0 Å². The summed E-state index contributed by atoms with van der Waals surface area (Å²) in [6.45, 7) is 3.95. The maximum absolute atomic E-state index is 13.2. The molecule has 1 nitrogen and oxygen atoms in total. The summed E-state index contributed by atoms with van der Waals surface area (Å²) in [5.41, 5.74) is 4.30. The lowest BCUT2D eigenvalue weighted by atomic mass is 9.95. The van der Waals surface area contributed by atoms with Gasteiger partial charge in [-0.2, -0.15) is 0 Å². The van der Waals surface area contributed by atoms with Crippen LogP contribution in [0, 0.1) is 19.7 Å². The molecule has 1 atom stereocenters. The largest absolute Gasteiger partial charge is 0.313 e. The molecular formula is C17H19ClFN. The van der Waals surface area contributed by atoms with Crippen molar-refractivity contribution < 1.29 is 4.39 Å². The number of hydrogen-bond donors (Lipinski definition) is 1. The molecule has 2 aromatic carbocycles. The zero-order valence-corrected chi connectivity index (χ0v) is 12.8. The molecule has 3 heteroatoms. The second kappa shape index (κ2) is 6.38. The van der Waals surface area contributed by atoms with E-state index in [-0.39, 0.29) is 11.9 Å². The fourth-order valence-corrected chi connectivity index (χ4v) is 2.75. The van der Waals surface area contributed by atoms with Crippen LogP contribution in [0.2, 0.25) is 5.02 Å². The van der Waals surface area contributed by atoms with Crippen LogP contribution in [0.5, 0.6) is 0 Å². The Bertz CT molecular complexity index is 610. The van der Waals surface area contributed by atoms with Crippen LogP contribution in [-0.4, -0.2) is 7.05 Å².